The van der Waals surface area contributed by atoms with Crippen LogP contribution < -0.4 is 10.5 Å². The van der Waals surface area contributed by atoms with E-state index in [0.29, 0.717) is 25.5 Å². The number of ether oxygens (including phenoxy) is 2. The largest absolute Gasteiger partial charge is 0.504 e. The van der Waals surface area contributed by atoms with Crippen molar-refractivity contribution in [2.75, 3.05) is 32.8 Å². The van der Waals surface area contributed by atoms with Crippen LogP contribution in [-0.2, 0) is 11.2 Å². The van der Waals surface area contributed by atoms with Gasteiger partial charge in [0.05, 0.1) is 12.2 Å². The Hall–Kier alpha value is -2.28. The lowest BCUT2D eigenvalue weighted by atomic mass is 9.83. The van der Waals surface area contributed by atoms with Crippen LogP contribution in [0, 0.1) is 5.92 Å². The number of nitrogens with zero attached hydrogens (tertiary/aromatic N) is 1. The zero-order valence-corrected chi connectivity index (χ0v) is 16.7. The van der Waals surface area contributed by atoms with Crippen molar-refractivity contribution >= 4 is 0 Å². The number of hydrogen-bond donors (Lipinski definition) is 3. The van der Waals surface area contributed by atoms with E-state index in [2.05, 4.69) is 4.90 Å². The number of rotatable bonds is 6. The summed E-state index contributed by atoms with van der Waals surface area (Å²) in [5.74, 6) is 1.23. The van der Waals surface area contributed by atoms with Gasteiger partial charge in [0.15, 0.2) is 11.5 Å². The molecule has 4 rings (SSSR count). The number of likely N-dealkylation sites (tertiary alicyclic amines) is 1. The molecular weight excluding hydrogens is 368 g/mol. The number of fused-ring (bicyclic) bond motifs is 1. The molecule has 0 amide bonds. The molecule has 0 unspecified atom stereocenters. The Kier molecular flexibility index (Phi) is 6.23. The number of para-hydroxylation sites is 1. The summed E-state index contributed by atoms with van der Waals surface area (Å²) < 4.78 is 12.1. The summed E-state index contributed by atoms with van der Waals surface area (Å²) in [5.41, 5.74) is 7.62. The van der Waals surface area contributed by atoms with Gasteiger partial charge in [0.25, 0.3) is 0 Å². The van der Waals surface area contributed by atoms with Crippen LogP contribution >= 0.6 is 0 Å². The summed E-state index contributed by atoms with van der Waals surface area (Å²) in [4.78, 5) is 2.43. The van der Waals surface area contributed by atoms with E-state index in [1.54, 1.807) is 0 Å². The molecule has 1 fully saturated rings. The van der Waals surface area contributed by atoms with Gasteiger partial charge >= 0.3 is 0 Å². The Bertz CT molecular complexity index is 806. The number of benzene rings is 2. The van der Waals surface area contributed by atoms with E-state index in [9.17, 15) is 10.2 Å². The third-order valence-electron chi connectivity index (χ3n) is 6.18. The van der Waals surface area contributed by atoms with E-state index >= 15 is 0 Å². The van der Waals surface area contributed by atoms with Crippen molar-refractivity contribution < 1.29 is 19.7 Å². The first-order valence-electron chi connectivity index (χ1n) is 10.4. The van der Waals surface area contributed by atoms with Crippen LogP contribution in [0.1, 0.15) is 30.1 Å². The Morgan fingerprint density at radius 3 is 2.55 bits per heavy atom. The summed E-state index contributed by atoms with van der Waals surface area (Å²) >= 11 is 0. The van der Waals surface area contributed by atoms with Gasteiger partial charge in [-0.25, -0.2) is 0 Å². The molecular formula is C23H30N2O4. The van der Waals surface area contributed by atoms with Gasteiger partial charge in [0.1, 0.15) is 12.4 Å². The lowest BCUT2D eigenvalue weighted by Gasteiger charge is -2.40. The molecule has 0 bridgehead atoms. The minimum absolute atomic E-state index is 0.0199. The molecule has 2 aliphatic rings. The predicted molar refractivity (Wildman–Crippen MR) is 111 cm³/mol. The van der Waals surface area contributed by atoms with E-state index in [4.69, 9.17) is 15.2 Å². The number of aromatic hydroxyl groups is 2. The van der Waals surface area contributed by atoms with Crippen molar-refractivity contribution in [3.8, 4) is 17.2 Å². The minimum atomic E-state index is -0.229. The minimum Gasteiger partial charge on any atom is -0.504 e. The average Bonchev–Trinajstić information content (AvgIpc) is 2.77. The molecule has 0 radical (unpaired) electrons. The molecule has 156 valence electrons. The van der Waals surface area contributed by atoms with Crippen LogP contribution in [0.3, 0.4) is 0 Å². The highest BCUT2D eigenvalue weighted by atomic mass is 16.5. The molecule has 0 aliphatic carbocycles. The molecule has 2 aromatic rings. The van der Waals surface area contributed by atoms with Crippen LogP contribution in [0.15, 0.2) is 42.5 Å². The monoisotopic (exact) mass is 398 g/mol. The highest BCUT2D eigenvalue weighted by Crippen LogP contribution is 2.42. The zero-order chi connectivity index (χ0) is 20.2. The number of nitrogens with two attached hydrogens (primary N) is 1. The van der Waals surface area contributed by atoms with Gasteiger partial charge in [-0.2, -0.15) is 0 Å². The zero-order valence-electron chi connectivity index (χ0n) is 16.7. The maximum absolute atomic E-state index is 10.3. The molecule has 1 saturated heterocycles. The van der Waals surface area contributed by atoms with Crippen LogP contribution in [0.4, 0.5) is 0 Å². The topological polar surface area (TPSA) is 88.2 Å². The van der Waals surface area contributed by atoms with E-state index < -0.39 is 0 Å². The predicted octanol–water partition coefficient (Wildman–Crippen LogP) is 2.83. The molecule has 4 N–H and O–H groups in total. The highest BCUT2D eigenvalue weighted by Gasteiger charge is 2.35. The van der Waals surface area contributed by atoms with Gasteiger partial charge in [0, 0.05) is 25.1 Å². The van der Waals surface area contributed by atoms with Gasteiger partial charge in [-0.3, -0.25) is 4.90 Å². The van der Waals surface area contributed by atoms with E-state index in [1.807, 2.05) is 36.4 Å². The van der Waals surface area contributed by atoms with E-state index in [1.165, 1.54) is 6.07 Å². The van der Waals surface area contributed by atoms with Crippen LogP contribution in [-0.4, -0.2) is 54.0 Å². The molecule has 0 spiro atoms. The fourth-order valence-corrected chi connectivity index (χ4v) is 4.51. The van der Waals surface area contributed by atoms with Gasteiger partial charge in [-0.15, -0.1) is 0 Å². The van der Waals surface area contributed by atoms with E-state index in [-0.39, 0.29) is 23.7 Å². The fourth-order valence-electron chi connectivity index (χ4n) is 4.51. The third-order valence-corrected chi connectivity index (χ3v) is 6.18. The molecule has 2 atom stereocenters. The van der Waals surface area contributed by atoms with Crippen LogP contribution in [0.2, 0.25) is 0 Å². The fraction of sp³-hybridized carbons (Fsp3) is 0.478. The maximum Gasteiger partial charge on any atom is 0.161 e. The Morgan fingerprint density at radius 1 is 1.07 bits per heavy atom. The summed E-state index contributed by atoms with van der Waals surface area (Å²) in [5, 5.41) is 20.2. The second-order valence-electron chi connectivity index (χ2n) is 7.94. The molecule has 29 heavy (non-hydrogen) atoms. The maximum atomic E-state index is 10.3. The van der Waals surface area contributed by atoms with Crippen molar-refractivity contribution in [3.05, 3.63) is 53.6 Å². The molecule has 2 aromatic carbocycles. The molecule has 0 aromatic heterocycles. The van der Waals surface area contributed by atoms with Crippen molar-refractivity contribution in [1.29, 1.82) is 0 Å². The number of hydrogen-bond acceptors (Lipinski definition) is 6. The summed E-state index contributed by atoms with van der Waals surface area (Å²) in [6.45, 7) is 3.98. The first-order valence-corrected chi connectivity index (χ1v) is 10.4. The Labute approximate surface area is 171 Å². The Morgan fingerprint density at radius 2 is 1.83 bits per heavy atom. The smallest absolute Gasteiger partial charge is 0.161 e. The van der Waals surface area contributed by atoms with Crippen LogP contribution in [0.25, 0.3) is 0 Å². The van der Waals surface area contributed by atoms with E-state index in [0.717, 1.165) is 49.4 Å². The highest BCUT2D eigenvalue weighted by molar-refractivity contribution is 5.51. The number of phenols is 2. The van der Waals surface area contributed by atoms with Gasteiger partial charge in [-0.1, -0.05) is 24.3 Å². The van der Waals surface area contributed by atoms with Gasteiger partial charge in [0.2, 0.25) is 0 Å². The number of piperidine rings is 1. The third kappa shape index (κ3) is 4.50. The second kappa shape index (κ2) is 9.03. The quantitative estimate of drug-likeness (QED) is 0.649. The Balaban J connectivity index is 1.31. The molecule has 6 heteroatoms. The molecule has 2 heterocycles. The standard InChI is InChI=1S/C23H30N2O4/c24-15-22-18-6-7-20(26)23(27)19(18)14-21(29-22)16-8-10-25(11-9-16)12-13-28-17-4-2-1-3-5-17/h1-7,16,21-22,26-27H,8-15,24H2/t21-,22-/m0/s1. The van der Waals surface area contributed by atoms with Gasteiger partial charge in [-0.05, 0) is 55.6 Å². The van der Waals surface area contributed by atoms with Crippen molar-refractivity contribution in [2.45, 2.75) is 31.5 Å². The molecule has 6 nitrogen and oxygen atoms in total. The van der Waals surface area contributed by atoms with Crippen molar-refractivity contribution in [3.63, 3.8) is 0 Å². The first kappa shape index (κ1) is 20.0. The van der Waals surface area contributed by atoms with Gasteiger partial charge < -0.3 is 25.4 Å². The number of phenolic OH excluding ortho intramolecular Hbond substituents is 2. The normalized spacial score (nSPS) is 22.9. The van der Waals surface area contributed by atoms with Crippen molar-refractivity contribution in [1.82, 2.24) is 4.90 Å². The molecule has 0 saturated carbocycles. The summed E-state index contributed by atoms with van der Waals surface area (Å²) in [7, 11) is 0. The average molecular weight is 399 g/mol. The SMILES string of the molecule is NC[C@@H]1O[C@H](C2CCN(CCOc3ccccc3)CC2)Cc2c1ccc(O)c2O. The second-order valence-corrected chi connectivity index (χ2v) is 7.94. The van der Waals surface area contributed by atoms with Crippen LogP contribution in [0.5, 0.6) is 17.2 Å². The summed E-state index contributed by atoms with van der Waals surface area (Å²) in [6, 6.07) is 13.2. The summed E-state index contributed by atoms with van der Waals surface area (Å²) in [6.07, 6.45) is 2.50. The lowest BCUT2D eigenvalue weighted by molar-refractivity contribution is -0.0650. The van der Waals surface area contributed by atoms with Crippen molar-refractivity contribution in [2.24, 2.45) is 11.7 Å². The molecule has 2 aliphatic heterocycles. The lowest BCUT2D eigenvalue weighted by Crippen LogP contribution is -2.43. The first-order chi connectivity index (χ1) is 14.2.